The molecule has 1 unspecified atom stereocenters. The fourth-order valence-corrected chi connectivity index (χ4v) is 3.19. The van der Waals surface area contributed by atoms with Gasteiger partial charge in [-0.3, -0.25) is 14.8 Å². The van der Waals surface area contributed by atoms with Crippen molar-refractivity contribution in [2.45, 2.75) is 32.9 Å². The number of aryl methyl sites for hydroxylation is 2. The molecule has 1 heterocycles. The second kappa shape index (κ2) is 8.18. The molecule has 2 N–H and O–H groups in total. The van der Waals surface area contributed by atoms with Crippen LogP contribution in [0.25, 0.3) is 0 Å². The molecule has 0 radical (unpaired) electrons. The van der Waals surface area contributed by atoms with E-state index in [1.54, 1.807) is 4.68 Å². The van der Waals surface area contributed by atoms with E-state index >= 15 is 0 Å². The fraction of sp³-hybridized carbons (Fsp3) is 0.273. The topological polar surface area (TPSA) is 59.0 Å². The molecule has 0 aliphatic rings. The van der Waals surface area contributed by atoms with E-state index in [1.165, 1.54) is 0 Å². The van der Waals surface area contributed by atoms with Crippen LogP contribution in [0.4, 0.5) is 5.69 Å². The van der Waals surface area contributed by atoms with Gasteiger partial charge in [0.05, 0.1) is 29.2 Å². The van der Waals surface area contributed by atoms with Crippen LogP contribution in [-0.4, -0.2) is 21.7 Å². The average Bonchev–Trinajstić information content (AvgIpc) is 2.93. The van der Waals surface area contributed by atoms with E-state index in [9.17, 15) is 4.79 Å². The molecule has 140 valence electrons. The highest BCUT2D eigenvalue weighted by molar-refractivity contribution is 5.95. The van der Waals surface area contributed by atoms with Crippen molar-refractivity contribution in [1.29, 1.82) is 0 Å². The SMILES string of the molecule is Cc1nn(C)c(C)c1NC(=O)C(C)NC(c1ccccc1)c1ccccc1. The Morgan fingerprint density at radius 2 is 1.48 bits per heavy atom. The third-order valence-corrected chi connectivity index (χ3v) is 4.83. The van der Waals surface area contributed by atoms with Crippen LogP contribution in [0.3, 0.4) is 0 Å². The summed E-state index contributed by atoms with van der Waals surface area (Å²) in [5, 5.41) is 10.9. The summed E-state index contributed by atoms with van der Waals surface area (Å²) in [5.74, 6) is -0.0777. The van der Waals surface area contributed by atoms with Gasteiger partial charge in [0.2, 0.25) is 5.91 Å². The predicted octanol–water partition coefficient (Wildman–Crippen LogP) is 3.74. The largest absolute Gasteiger partial charge is 0.322 e. The first-order valence-corrected chi connectivity index (χ1v) is 9.14. The standard InChI is InChI=1S/C22H26N4O/c1-15-20(17(3)26(4)25-15)24-22(27)16(2)23-21(18-11-7-5-8-12-18)19-13-9-6-10-14-19/h5-14,16,21,23H,1-4H3,(H,24,27). The van der Waals surface area contributed by atoms with Crippen molar-refractivity contribution in [2.75, 3.05) is 5.32 Å². The molecule has 1 aromatic heterocycles. The monoisotopic (exact) mass is 362 g/mol. The summed E-state index contributed by atoms with van der Waals surface area (Å²) in [7, 11) is 1.88. The predicted molar refractivity (Wildman–Crippen MR) is 109 cm³/mol. The van der Waals surface area contributed by atoms with Gasteiger partial charge in [-0.25, -0.2) is 0 Å². The summed E-state index contributed by atoms with van der Waals surface area (Å²) in [6.07, 6.45) is 0. The average molecular weight is 362 g/mol. The van der Waals surface area contributed by atoms with Gasteiger partial charge < -0.3 is 5.32 Å². The summed E-state index contributed by atoms with van der Waals surface area (Å²) in [4.78, 5) is 12.8. The molecule has 5 nitrogen and oxygen atoms in total. The number of rotatable bonds is 6. The number of aromatic nitrogens is 2. The lowest BCUT2D eigenvalue weighted by atomic mass is 9.98. The highest BCUT2D eigenvalue weighted by atomic mass is 16.2. The normalized spacial score (nSPS) is 12.2. The van der Waals surface area contributed by atoms with Crippen LogP contribution in [-0.2, 0) is 11.8 Å². The van der Waals surface area contributed by atoms with E-state index in [2.05, 4.69) is 40.0 Å². The fourth-order valence-electron chi connectivity index (χ4n) is 3.19. The number of hydrogen-bond donors (Lipinski definition) is 2. The van der Waals surface area contributed by atoms with Gasteiger partial charge in [-0.1, -0.05) is 60.7 Å². The number of carbonyl (C=O) groups excluding carboxylic acids is 1. The van der Waals surface area contributed by atoms with Crippen LogP contribution < -0.4 is 10.6 Å². The van der Waals surface area contributed by atoms with E-state index in [0.717, 1.165) is 28.2 Å². The van der Waals surface area contributed by atoms with Crippen molar-refractivity contribution < 1.29 is 4.79 Å². The number of anilines is 1. The molecule has 0 saturated carbocycles. The first-order chi connectivity index (χ1) is 13.0. The summed E-state index contributed by atoms with van der Waals surface area (Å²) in [6, 6.07) is 19.9. The number of benzene rings is 2. The molecule has 0 fully saturated rings. The molecular formula is C22H26N4O. The second-order valence-electron chi connectivity index (χ2n) is 6.80. The molecule has 3 aromatic rings. The van der Waals surface area contributed by atoms with Crippen LogP contribution in [0, 0.1) is 13.8 Å². The Labute approximate surface area is 160 Å². The summed E-state index contributed by atoms with van der Waals surface area (Å²) >= 11 is 0. The van der Waals surface area contributed by atoms with Crippen molar-refractivity contribution in [3.05, 3.63) is 83.2 Å². The van der Waals surface area contributed by atoms with Crippen molar-refractivity contribution in [1.82, 2.24) is 15.1 Å². The molecule has 1 amide bonds. The van der Waals surface area contributed by atoms with Crippen LogP contribution in [0.1, 0.15) is 35.5 Å². The zero-order valence-electron chi connectivity index (χ0n) is 16.2. The maximum Gasteiger partial charge on any atom is 0.241 e. The third kappa shape index (κ3) is 4.26. The van der Waals surface area contributed by atoms with Gasteiger partial charge in [0.15, 0.2) is 0 Å². The molecular weight excluding hydrogens is 336 g/mol. The Morgan fingerprint density at radius 1 is 0.963 bits per heavy atom. The number of amides is 1. The molecule has 0 aliphatic carbocycles. The Balaban J connectivity index is 1.80. The quantitative estimate of drug-likeness (QED) is 0.702. The first kappa shape index (κ1) is 18.9. The Hall–Kier alpha value is -2.92. The Morgan fingerprint density at radius 3 is 1.93 bits per heavy atom. The Kier molecular flexibility index (Phi) is 5.72. The van der Waals surface area contributed by atoms with Gasteiger partial charge in [0.1, 0.15) is 0 Å². The van der Waals surface area contributed by atoms with Gasteiger partial charge in [0, 0.05) is 7.05 Å². The minimum Gasteiger partial charge on any atom is -0.322 e. The molecule has 0 spiro atoms. The number of nitrogens with one attached hydrogen (secondary N) is 2. The second-order valence-corrected chi connectivity index (χ2v) is 6.80. The van der Waals surface area contributed by atoms with E-state index in [1.807, 2.05) is 64.2 Å². The first-order valence-electron chi connectivity index (χ1n) is 9.14. The molecule has 27 heavy (non-hydrogen) atoms. The van der Waals surface area contributed by atoms with Gasteiger partial charge in [-0.05, 0) is 31.9 Å². The smallest absolute Gasteiger partial charge is 0.241 e. The number of nitrogens with zero attached hydrogens (tertiary/aromatic N) is 2. The van der Waals surface area contributed by atoms with Crippen molar-refractivity contribution >= 4 is 11.6 Å². The molecule has 1 atom stereocenters. The minimum absolute atomic E-state index is 0.0655. The van der Waals surface area contributed by atoms with E-state index in [0.29, 0.717) is 0 Å². The van der Waals surface area contributed by atoms with Crippen molar-refractivity contribution in [3.63, 3.8) is 0 Å². The van der Waals surface area contributed by atoms with Crippen molar-refractivity contribution in [3.8, 4) is 0 Å². The highest BCUT2D eigenvalue weighted by Crippen LogP contribution is 2.23. The van der Waals surface area contributed by atoms with Gasteiger partial charge in [0.25, 0.3) is 0 Å². The lowest BCUT2D eigenvalue weighted by Gasteiger charge is -2.24. The number of hydrogen-bond acceptors (Lipinski definition) is 3. The molecule has 3 rings (SSSR count). The maximum atomic E-state index is 12.8. The van der Waals surface area contributed by atoms with Gasteiger partial charge in [-0.15, -0.1) is 0 Å². The molecule has 5 heteroatoms. The molecule has 0 bridgehead atoms. The Bertz CT molecular complexity index is 863. The third-order valence-electron chi connectivity index (χ3n) is 4.83. The van der Waals surface area contributed by atoms with Crippen LogP contribution >= 0.6 is 0 Å². The lowest BCUT2D eigenvalue weighted by Crippen LogP contribution is -2.40. The lowest BCUT2D eigenvalue weighted by molar-refractivity contribution is -0.117. The van der Waals surface area contributed by atoms with Gasteiger partial charge >= 0.3 is 0 Å². The zero-order valence-corrected chi connectivity index (χ0v) is 16.2. The summed E-state index contributed by atoms with van der Waals surface area (Å²) in [5.41, 5.74) is 4.79. The van der Waals surface area contributed by atoms with Crippen LogP contribution in [0.2, 0.25) is 0 Å². The molecule has 0 aliphatic heterocycles. The van der Waals surface area contributed by atoms with Crippen LogP contribution in [0.5, 0.6) is 0 Å². The summed E-state index contributed by atoms with van der Waals surface area (Å²) < 4.78 is 1.78. The van der Waals surface area contributed by atoms with Crippen molar-refractivity contribution in [2.24, 2.45) is 7.05 Å². The van der Waals surface area contributed by atoms with Gasteiger partial charge in [-0.2, -0.15) is 5.10 Å². The summed E-state index contributed by atoms with van der Waals surface area (Å²) in [6.45, 7) is 5.73. The molecule has 0 saturated heterocycles. The van der Waals surface area contributed by atoms with Crippen LogP contribution in [0.15, 0.2) is 60.7 Å². The number of carbonyl (C=O) groups is 1. The molecule has 2 aromatic carbocycles. The van der Waals surface area contributed by atoms with E-state index in [4.69, 9.17) is 0 Å². The zero-order chi connectivity index (χ0) is 19.4. The van der Waals surface area contributed by atoms with E-state index in [-0.39, 0.29) is 18.0 Å². The minimum atomic E-state index is -0.380. The van der Waals surface area contributed by atoms with E-state index < -0.39 is 0 Å². The maximum absolute atomic E-state index is 12.8. The highest BCUT2D eigenvalue weighted by Gasteiger charge is 2.22.